The van der Waals surface area contributed by atoms with Gasteiger partial charge in [-0.05, 0) is 74.3 Å². The van der Waals surface area contributed by atoms with Crippen LogP contribution in [0.3, 0.4) is 0 Å². The monoisotopic (exact) mass is 482 g/mol. The normalized spacial score (nSPS) is 14.1. The highest BCUT2D eigenvalue weighted by Crippen LogP contribution is 2.23. The maximum absolute atomic E-state index is 12.5. The Kier molecular flexibility index (Phi) is 7.70. The molecule has 1 heterocycles. The van der Waals surface area contributed by atoms with Gasteiger partial charge < -0.3 is 14.8 Å². The summed E-state index contributed by atoms with van der Waals surface area (Å²) in [5, 5.41) is 4.09. The van der Waals surface area contributed by atoms with E-state index in [2.05, 4.69) is 51.7 Å². The summed E-state index contributed by atoms with van der Waals surface area (Å²) in [7, 11) is -3.45. The molecule has 0 unspecified atom stereocenters. The van der Waals surface area contributed by atoms with E-state index < -0.39 is 10.0 Å². The molecule has 0 radical (unpaired) electrons. The Morgan fingerprint density at radius 3 is 2.47 bits per heavy atom. The summed E-state index contributed by atoms with van der Waals surface area (Å²) in [6.07, 6.45) is 4.79. The molecule has 3 aromatic rings. The van der Waals surface area contributed by atoms with Crippen LogP contribution in [0.25, 0.3) is 10.9 Å². The second kappa shape index (κ2) is 10.7. The van der Waals surface area contributed by atoms with Crippen molar-refractivity contribution in [3.05, 3.63) is 60.3 Å². The van der Waals surface area contributed by atoms with Gasteiger partial charge in [0.05, 0.1) is 4.90 Å². The van der Waals surface area contributed by atoms with Gasteiger partial charge in [-0.2, -0.15) is 0 Å². The summed E-state index contributed by atoms with van der Waals surface area (Å²) >= 11 is 0. The standard InChI is InChI=1S/C26H34N4O3S/c1-3-29(4-2)17-18-30-16-15-21-19-23(10-13-25(21)30)27-26(31)14-7-20-5-11-24(12-6-20)34(32,33)28-22-8-9-22/h5-6,10-13,15-16,19,22,28H,3-4,7-9,14,17-18H2,1-2H3,(H,27,31). The molecule has 0 spiro atoms. The second-order valence-electron chi connectivity index (χ2n) is 8.90. The molecule has 1 amide bonds. The van der Waals surface area contributed by atoms with Gasteiger partial charge >= 0.3 is 0 Å². The van der Waals surface area contributed by atoms with Crippen molar-refractivity contribution >= 4 is 32.5 Å². The number of aromatic nitrogens is 1. The second-order valence-corrected chi connectivity index (χ2v) is 10.6. The van der Waals surface area contributed by atoms with Crippen LogP contribution in [0.1, 0.15) is 38.7 Å². The van der Waals surface area contributed by atoms with Crippen molar-refractivity contribution in [2.24, 2.45) is 0 Å². The Morgan fingerprint density at radius 2 is 1.79 bits per heavy atom. The molecule has 1 aromatic heterocycles. The van der Waals surface area contributed by atoms with Gasteiger partial charge in [0, 0.05) is 48.3 Å². The van der Waals surface area contributed by atoms with Crippen LogP contribution in [-0.4, -0.2) is 49.5 Å². The fourth-order valence-corrected chi connectivity index (χ4v) is 5.37. The third kappa shape index (κ3) is 6.25. The number of hydrogen-bond donors (Lipinski definition) is 2. The average molecular weight is 483 g/mol. The van der Waals surface area contributed by atoms with Crippen molar-refractivity contribution < 1.29 is 13.2 Å². The quantitative estimate of drug-likeness (QED) is 0.409. The molecule has 4 rings (SSSR count). The van der Waals surface area contributed by atoms with Gasteiger partial charge in [-0.25, -0.2) is 13.1 Å². The van der Waals surface area contributed by atoms with Crippen molar-refractivity contribution in [2.45, 2.75) is 57.0 Å². The van der Waals surface area contributed by atoms with Crippen LogP contribution in [0.5, 0.6) is 0 Å². The predicted molar refractivity (Wildman–Crippen MR) is 136 cm³/mol. The van der Waals surface area contributed by atoms with Crippen LogP contribution >= 0.6 is 0 Å². The summed E-state index contributed by atoms with van der Waals surface area (Å²) in [5.41, 5.74) is 2.88. The van der Waals surface area contributed by atoms with Crippen LogP contribution in [-0.2, 0) is 27.8 Å². The third-order valence-corrected chi connectivity index (χ3v) is 7.92. The number of likely N-dealkylation sites (N-methyl/N-ethyl adjacent to an activating group) is 1. The zero-order chi connectivity index (χ0) is 24.1. The van der Waals surface area contributed by atoms with Gasteiger partial charge in [-0.15, -0.1) is 0 Å². The average Bonchev–Trinajstić information content (AvgIpc) is 3.55. The van der Waals surface area contributed by atoms with Gasteiger partial charge in [0.25, 0.3) is 0 Å². The van der Waals surface area contributed by atoms with E-state index in [0.717, 1.165) is 61.2 Å². The van der Waals surface area contributed by atoms with E-state index in [0.29, 0.717) is 12.8 Å². The number of hydrogen-bond acceptors (Lipinski definition) is 4. The minimum Gasteiger partial charge on any atom is -0.346 e. The first-order chi connectivity index (χ1) is 16.4. The molecule has 182 valence electrons. The highest BCUT2D eigenvalue weighted by molar-refractivity contribution is 7.89. The van der Waals surface area contributed by atoms with Crippen LogP contribution in [0, 0.1) is 0 Å². The zero-order valence-electron chi connectivity index (χ0n) is 20.0. The van der Waals surface area contributed by atoms with E-state index in [9.17, 15) is 13.2 Å². The highest BCUT2D eigenvalue weighted by Gasteiger charge is 2.27. The number of carbonyl (C=O) groups excluding carboxylic acids is 1. The lowest BCUT2D eigenvalue weighted by Crippen LogP contribution is -2.26. The Morgan fingerprint density at radius 1 is 1.06 bits per heavy atom. The minimum atomic E-state index is -3.45. The predicted octanol–water partition coefficient (Wildman–Crippen LogP) is 4.00. The van der Waals surface area contributed by atoms with Crippen molar-refractivity contribution in [2.75, 3.05) is 25.0 Å². The molecular formula is C26H34N4O3S. The third-order valence-electron chi connectivity index (χ3n) is 6.38. The molecule has 0 saturated heterocycles. The van der Waals surface area contributed by atoms with Crippen molar-refractivity contribution in [3.8, 4) is 0 Å². The Hall–Kier alpha value is -2.68. The topological polar surface area (TPSA) is 83.4 Å². The van der Waals surface area contributed by atoms with Crippen LogP contribution in [0.4, 0.5) is 5.69 Å². The lowest BCUT2D eigenvalue weighted by atomic mass is 10.1. The number of fused-ring (bicyclic) bond motifs is 1. The Balaban J connectivity index is 1.30. The first-order valence-electron chi connectivity index (χ1n) is 12.1. The molecule has 0 aliphatic heterocycles. The van der Waals surface area contributed by atoms with Crippen LogP contribution in [0.2, 0.25) is 0 Å². The van der Waals surface area contributed by atoms with Crippen LogP contribution < -0.4 is 10.0 Å². The molecule has 1 aliphatic carbocycles. The van der Waals surface area contributed by atoms with E-state index in [1.54, 1.807) is 24.3 Å². The van der Waals surface area contributed by atoms with Gasteiger partial charge in [0.15, 0.2) is 0 Å². The summed E-state index contributed by atoms with van der Waals surface area (Å²) in [6, 6.07) is 15.0. The molecule has 0 atom stereocenters. The summed E-state index contributed by atoms with van der Waals surface area (Å²) < 4.78 is 29.5. The zero-order valence-corrected chi connectivity index (χ0v) is 20.8. The summed E-state index contributed by atoms with van der Waals surface area (Å²) in [5.74, 6) is -0.0626. The molecule has 2 aromatic carbocycles. The van der Waals surface area contributed by atoms with E-state index >= 15 is 0 Å². The lowest BCUT2D eigenvalue weighted by molar-refractivity contribution is -0.116. The van der Waals surface area contributed by atoms with Crippen molar-refractivity contribution in [1.82, 2.24) is 14.2 Å². The number of rotatable bonds is 12. The molecule has 8 heteroatoms. The fraction of sp³-hybridized carbons (Fsp3) is 0.423. The summed E-state index contributed by atoms with van der Waals surface area (Å²) in [4.78, 5) is 15.2. The molecule has 1 aliphatic rings. The number of carbonyl (C=O) groups is 1. The van der Waals surface area contributed by atoms with Gasteiger partial charge in [-0.3, -0.25) is 4.79 Å². The van der Waals surface area contributed by atoms with E-state index in [4.69, 9.17) is 0 Å². The molecule has 34 heavy (non-hydrogen) atoms. The number of aryl methyl sites for hydroxylation is 1. The number of nitrogens with one attached hydrogen (secondary N) is 2. The van der Waals surface area contributed by atoms with E-state index in [1.807, 2.05) is 12.1 Å². The smallest absolute Gasteiger partial charge is 0.240 e. The number of sulfonamides is 1. The van der Waals surface area contributed by atoms with Gasteiger partial charge in [0.1, 0.15) is 0 Å². The highest BCUT2D eigenvalue weighted by atomic mass is 32.2. The minimum absolute atomic E-state index is 0.0626. The van der Waals surface area contributed by atoms with Gasteiger partial charge in [0.2, 0.25) is 15.9 Å². The Labute approximate surface area is 202 Å². The first kappa shape index (κ1) is 24.4. The molecule has 1 fully saturated rings. The number of benzene rings is 2. The first-order valence-corrected chi connectivity index (χ1v) is 13.6. The maximum Gasteiger partial charge on any atom is 0.240 e. The SMILES string of the molecule is CCN(CC)CCn1ccc2cc(NC(=O)CCc3ccc(S(=O)(=O)NC4CC4)cc3)ccc21. The fourth-order valence-electron chi connectivity index (χ4n) is 4.07. The lowest BCUT2D eigenvalue weighted by Gasteiger charge is -2.18. The molecular weight excluding hydrogens is 448 g/mol. The molecule has 1 saturated carbocycles. The molecule has 0 bridgehead atoms. The largest absolute Gasteiger partial charge is 0.346 e. The number of amides is 1. The van der Waals surface area contributed by atoms with Gasteiger partial charge in [-0.1, -0.05) is 26.0 Å². The summed E-state index contributed by atoms with van der Waals surface area (Å²) in [6.45, 7) is 8.41. The Bertz CT molecular complexity index is 1230. The number of nitrogens with zero attached hydrogens (tertiary/aromatic N) is 2. The number of anilines is 1. The molecule has 7 nitrogen and oxygen atoms in total. The maximum atomic E-state index is 12.5. The van der Waals surface area contributed by atoms with Crippen LogP contribution in [0.15, 0.2) is 59.6 Å². The molecule has 2 N–H and O–H groups in total. The van der Waals surface area contributed by atoms with E-state index in [1.165, 1.54) is 0 Å². The van der Waals surface area contributed by atoms with E-state index in [-0.39, 0.29) is 16.8 Å². The van der Waals surface area contributed by atoms with Crippen molar-refractivity contribution in [1.29, 1.82) is 0 Å². The van der Waals surface area contributed by atoms with Crippen molar-refractivity contribution in [3.63, 3.8) is 0 Å².